The molecule has 0 saturated carbocycles. The van der Waals surface area contributed by atoms with E-state index in [2.05, 4.69) is 10.3 Å². The molecule has 5 nitrogen and oxygen atoms in total. The molecule has 0 aliphatic heterocycles. The number of methoxy groups -OCH3 is 1. The van der Waals surface area contributed by atoms with Gasteiger partial charge in [-0.15, -0.1) is 11.3 Å². The van der Waals surface area contributed by atoms with Gasteiger partial charge in [0.15, 0.2) is 16.6 Å². The second kappa shape index (κ2) is 9.14. The van der Waals surface area contributed by atoms with Crippen LogP contribution in [0.3, 0.4) is 0 Å². The summed E-state index contributed by atoms with van der Waals surface area (Å²) in [5.41, 5.74) is 0.989. The molecule has 1 aromatic heterocycles. The van der Waals surface area contributed by atoms with Crippen molar-refractivity contribution in [1.29, 1.82) is 0 Å². The third-order valence-electron chi connectivity index (χ3n) is 3.75. The maximum absolute atomic E-state index is 13.0. The van der Waals surface area contributed by atoms with Crippen LogP contribution in [-0.2, 0) is 11.2 Å². The molecule has 0 bridgehead atoms. The van der Waals surface area contributed by atoms with Gasteiger partial charge < -0.3 is 14.8 Å². The summed E-state index contributed by atoms with van der Waals surface area (Å²) in [7, 11) is 1.57. The highest BCUT2D eigenvalue weighted by Gasteiger charge is 2.09. The first kappa shape index (κ1) is 18.8. The standard InChI is InChI=1S/C20H19FN2O3S/c1-25-17-4-2-3-5-18(17)26-11-10-19(24)23-20-22-13-16(27-20)12-14-6-8-15(21)9-7-14/h2-9,13H,10-12H2,1H3,(H,22,23,24). The third-order valence-corrected chi connectivity index (χ3v) is 4.66. The Kier molecular flexibility index (Phi) is 6.38. The first-order valence-corrected chi connectivity index (χ1v) is 9.20. The van der Waals surface area contributed by atoms with Gasteiger partial charge in [-0.2, -0.15) is 0 Å². The number of rotatable bonds is 8. The highest BCUT2D eigenvalue weighted by Crippen LogP contribution is 2.26. The van der Waals surface area contributed by atoms with Crippen molar-refractivity contribution in [2.24, 2.45) is 0 Å². The number of carbonyl (C=O) groups is 1. The van der Waals surface area contributed by atoms with E-state index in [4.69, 9.17) is 9.47 Å². The van der Waals surface area contributed by atoms with E-state index in [0.717, 1.165) is 10.4 Å². The maximum Gasteiger partial charge on any atom is 0.229 e. The van der Waals surface area contributed by atoms with E-state index >= 15 is 0 Å². The Morgan fingerprint density at radius 2 is 1.89 bits per heavy atom. The van der Waals surface area contributed by atoms with Gasteiger partial charge >= 0.3 is 0 Å². The number of nitrogens with one attached hydrogen (secondary N) is 1. The molecule has 0 aliphatic carbocycles. The lowest BCUT2D eigenvalue weighted by molar-refractivity contribution is -0.116. The van der Waals surface area contributed by atoms with Crippen LogP contribution in [0.15, 0.2) is 54.7 Å². The Bertz CT molecular complexity index is 896. The van der Waals surface area contributed by atoms with Gasteiger partial charge in [-0.25, -0.2) is 9.37 Å². The van der Waals surface area contributed by atoms with Gasteiger partial charge in [0, 0.05) is 17.5 Å². The van der Waals surface area contributed by atoms with Crippen LogP contribution < -0.4 is 14.8 Å². The summed E-state index contributed by atoms with van der Waals surface area (Å²) >= 11 is 1.40. The third kappa shape index (κ3) is 5.52. The number of carbonyl (C=O) groups excluding carboxylic acids is 1. The van der Waals surface area contributed by atoms with Crippen LogP contribution in [0.4, 0.5) is 9.52 Å². The zero-order chi connectivity index (χ0) is 19.1. The van der Waals surface area contributed by atoms with Crippen LogP contribution in [0.5, 0.6) is 11.5 Å². The molecule has 0 saturated heterocycles. The van der Waals surface area contributed by atoms with Crippen LogP contribution in [0, 0.1) is 5.82 Å². The topological polar surface area (TPSA) is 60.5 Å². The zero-order valence-corrected chi connectivity index (χ0v) is 15.6. The van der Waals surface area contributed by atoms with Crippen LogP contribution in [0.2, 0.25) is 0 Å². The van der Waals surface area contributed by atoms with Crippen molar-refractivity contribution >= 4 is 22.4 Å². The first-order chi connectivity index (χ1) is 13.1. The summed E-state index contributed by atoms with van der Waals surface area (Å²) < 4.78 is 23.7. The summed E-state index contributed by atoms with van der Waals surface area (Å²) in [6, 6.07) is 13.6. The SMILES string of the molecule is COc1ccccc1OCCC(=O)Nc1ncc(Cc2ccc(F)cc2)s1. The lowest BCUT2D eigenvalue weighted by Gasteiger charge is -2.09. The fourth-order valence-corrected chi connectivity index (χ4v) is 3.29. The van der Waals surface area contributed by atoms with Crippen molar-refractivity contribution in [3.8, 4) is 11.5 Å². The maximum atomic E-state index is 13.0. The number of thiazole rings is 1. The number of hydrogen-bond acceptors (Lipinski definition) is 5. The number of anilines is 1. The molecule has 0 spiro atoms. The van der Waals surface area contributed by atoms with E-state index < -0.39 is 0 Å². The molecule has 0 aliphatic rings. The number of nitrogens with zero attached hydrogens (tertiary/aromatic N) is 1. The normalized spacial score (nSPS) is 10.4. The van der Waals surface area contributed by atoms with Crippen LogP contribution in [0.25, 0.3) is 0 Å². The molecule has 27 heavy (non-hydrogen) atoms. The molecular formula is C20H19FN2O3S. The van der Waals surface area contributed by atoms with Gasteiger partial charge in [0.2, 0.25) is 5.91 Å². The lowest BCUT2D eigenvalue weighted by Crippen LogP contribution is -2.15. The van der Waals surface area contributed by atoms with Gasteiger partial charge in [0.25, 0.3) is 0 Å². The highest BCUT2D eigenvalue weighted by molar-refractivity contribution is 7.15. The van der Waals surface area contributed by atoms with Crippen molar-refractivity contribution in [3.63, 3.8) is 0 Å². The molecule has 1 amide bonds. The molecule has 140 valence electrons. The Hall–Kier alpha value is -2.93. The van der Waals surface area contributed by atoms with E-state index in [1.165, 1.54) is 23.5 Å². The van der Waals surface area contributed by atoms with Crippen molar-refractivity contribution in [2.75, 3.05) is 19.0 Å². The Morgan fingerprint density at radius 1 is 1.15 bits per heavy atom. The first-order valence-electron chi connectivity index (χ1n) is 8.39. The average molecular weight is 386 g/mol. The predicted molar refractivity (Wildman–Crippen MR) is 103 cm³/mol. The zero-order valence-electron chi connectivity index (χ0n) is 14.8. The number of amides is 1. The van der Waals surface area contributed by atoms with E-state index in [-0.39, 0.29) is 24.8 Å². The Labute approximate surface area is 160 Å². The molecule has 1 heterocycles. The van der Waals surface area contributed by atoms with Crippen LogP contribution >= 0.6 is 11.3 Å². The molecular weight excluding hydrogens is 367 g/mol. The van der Waals surface area contributed by atoms with Crippen molar-refractivity contribution in [1.82, 2.24) is 4.98 Å². The van der Waals surface area contributed by atoms with Crippen molar-refractivity contribution in [2.45, 2.75) is 12.8 Å². The Morgan fingerprint density at radius 3 is 2.63 bits per heavy atom. The Balaban J connectivity index is 1.47. The minimum Gasteiger partial charge on any atom is -0.493 e. The molecule has 3 rings (SSSR count). The molecule has 0 atom stereocenters. The van der Waals surface area contributed by atoms with E-state index in [0.29, 0.717) is 23.1 Å². The molecule has 7 heteroatoms. The van der Waals surface area contributed by atoms with Gasteiger partial charge in [0.1, 0.15) is 5.82 Å². The number of ether oxygens (including phenoxy) is 2. The number of aromatic nitrogens is 1. The largest absolute Gasteiger partial charge is 0.493 e. The summed E-state index contributed by atoms with van der Waals surface area (Å²) in [5, 5.41) is 3.31. The van der Waals surface area contributed by atoms with Gasteiger partial charge in [-0.05, 0) is 29.8 Å². The summed E-state index contributed by atoms with van der Waals surface area (Å²) in [6.45, 7) is 0.236. The average Bonchev–Trinajstić information content (AvgIpc) is 3.10. The van der Waals surface area contributed by atoms with E-state index in [1.54, 1.807) is 37.6 Å². The number of halogens is 1. The van der Waals surface area contributed by atoms with E-state index in [9.17, 15) is 9.18 Å². The molecule has 2 aromatic carbocycles. The molecule has 0 fully saturated rings. The predicted octanol–water partition coefficient (Wildman–Crippen LogP) is 4.29. The fraction of sp³-hybridized carbons (Fsp3) is 0.200. The monoisotopic (exact) mass is 386 g/mol. The molecule has 0 unspecified atom stereocenters. The van der Waals surface area contributed by atoms with Gasteiger partial charge in [-0.1, -0.05) is 24.3 Å². The highest BCUT2D eigenvalue weighted by atomic mass is 32.1. The van der Waals surface area contributed by atoms with Crippen molar-refractivity contribution < 1.29 is 18.7 Å². The van der Waals surface area contributed by atoms with Crippen LogP contribution in [-0.4, -0.2) is 24.6 Å². The fourth-order valence-electron chi connectivity index (χ4n) is 2.42. The van der Waals surface area contributed by atoms with E-state index in [1.807, 2.05) is 12.1 Å². The van der Waals surface area contributed by atoms with Gasteiger partial charge in [-0.3, -0.25) is 4.79 Å². The number of hydrogen-bond donors (Lipinski definition) is 1. The van der Waals surface area contributed by atoms with Crippen molar-refractivity contribution in [3.05, 3.63) is 71.0 Å². The smallest absolute Gasteiger partial charge is 0.229 e. The summed E-state index contributed by atoms with van der Waals surface area (Å²) in [6.07, 6.45) is 2.56. The summed E-state index contributed by atoms with van der Waals surface area (Å²) in [4.78, 5) is 17.3. The molecule has 3 aromatic rings. The minimum absolute atomic E-state index is 0.174. The lowest BCUT2D eigenvalue weighted by atomic mass is 10.1. The number of para-hydroxylation sites is 2. The quantitative estimate of drug-likeness (QED) is 0.627. The van der Waals surface area contributed by atoms with Crippen LogP contribution in [0.1, 0.15) is 16.9 Å². The van der Waals surface area contributed by atoms with Gasteiger partial charge in [0.05, 0.1) is 20.1 Å². The molecule has 0 radical (unpaired) electrons. The number of benzene rings is 2. The second-order valence-corrected chi connectivity index (χ2v) is 6.85. The summed E-state index contributed by atoms with van der Waals surface area (Å²) in [5.74, 6) is 0.797. The minimum atomic E-state index is -0.258. The molecule has 1 N–H and O–H groups in total. The second-order valence-electron chi connectivity index (χ2n) is 5.73.